The molecule has 1 amide bonds. The van der Waals surface area contributed by atoms with Gasteiger partial charge in [0.15, 0.2) is 0 Å². The van der Waals surface area contributed by atoms with Gasteiger partial charge in [0.2, 0.25) is 5.91 Å². The smallest absolute Gasteiger partial charge is 0.230 e. The van der Waals surface area contributed by atoms with Crippen molar-refractivity contribution in [2.45, 2.75) is 44.4 Å². The Morgan fingerprint density at radius 3 is 3.17 bits per heavy atom. The third-order valence-electron chi connectivity index (χ3n) is 3.36. The van der Waals surface area contributed by atoms with Gasteiger partial charge in [0.05, 0.1) is 5.75 Å². The summed E-state index contributed by atoms with van der Waals surface area (Å²) < 4.78 is 0. The number of rotatable bonds is 5. The molecule has 1 N–H and O–H groups in total. The molecule has 0 unspecified atom stereocenters. The molecule has 0 spiro atoms. The first-order chi connectivity index (χ1) is 8.74. The number of hydrogen-bond donors (Lipinski definition) is 1. The molecular weight excluding hydrogens is 262 g/mol. The van der Waals surface area contributed by atoms with Gasteiger partial charge in [0, 0.05) is 16.7 Å². The first kappa shape index (κ1) is 13.9. The van der Waals surface area contributed by atoms with E-state index in [9.17, 15) is 4.79 Å². The van der Waals surface area contributed by atoms with Crippen LogP contribution < -0.4 is 5.32 Å². The minimum absolute atomic E-state index is 0.204. The topological polar surface area (TPSA) is 29.1 Å². The average Bonchev–Trinajstić information content (AvgIpc) is 2.82. The SMILES string of the molecule is C[C@@H]1CCC[C@@H](NC(=O)CSCc2cccs2)C1. The molecule has 0 saturated heterocycles. The van der Waals surface area contributed by atoms with E-state index in [4.69, 9.17) is 0 Å². The quantitative estimate of drug-likeness (QED) is 0.893. The van der Waals surface area contributed by atoms with E-state index in [1.165, 1.54) is 17.7 Å². The van der Waals surface area contributed by atoms with E-state index in [2.05, 4.69) is 29.8 Å². The van der Waals surface area contributed by atoms with Crippen LogP contribution in [-0.2, 0) is 10.5 Å². The van der Waals surface area contributed by atoms with Gasteiger partial charge in [-0.1, -0.05) is 25.8 Å². The highest BCUT2D eigenvalue weighted by molar-refractivity contribution is 7.99. The number of thiophene rings is 1. The molecule has 1 aromatic heterocycles. The molecule has 4 heteroatoms. The fraction of sp³-hybridized carbons (Fsp3) is 0.643. The van der Waals surface area contributed by atoms with Gasteiger partial charge in [-0.2, -0.15) is 0 Å². The Morgan fingerprint density at radius 1 is 1.56 bits per heavy atom. The van der Waals surface area contributed by atoms with E-state index in [1.807, 2.05) is 0 Å². The maximum Gasteiger partial charge on any atom is 0.230 e. The Morgan fingerprint density at radius 2 is 2.44 bits per heavy atom. The van der Waals surface area contributed by atoms with Gasteiger partial charge in [-0.25, -0.2) is 0 Å². The van der Waals surface area contributed by atoms with E-state index >= 15 is 0 Å². The number of carbonyl (C=O) groups excluding carboxylic acids is 1. The fourth-order valence-corrected chi connectivity index (χ4v) is 4.15. The molecule has 100 valence electrons. The Hall–Kier alpha value is -0.480. The molecule has 1 aliphatic carbocycles. The Balaban J connectivity index is 1.62. The summed E-state index contributed by atoms with van der Waals surface area (Å²) in [7, 11) is 0. The summed E-state index contributed by atoms with van der Waals surface area (Å²) in [5, 5.41) is 5.26. The van der Waals surface area contributed by atoms with E-state index in [0.717, 1.165) is 24.5 Å². The number of hydrogen-bond acceptors (Lipinski definition) is 3. The first-order valence-corrected chi connectivity index (χ1v) is 8.67. The molecule has 1 aromatic rings. The van der Waals surface area contributed by atoms with Gasteiger partial charge in [-0.15, -0.1) is 23.1 Å². The lowest BCUT2D eigenvalue weighted by Gasteiger charge is -2.27. The summed E-state index contributed by atoms with van der Waals surface area (Å²) in [6.45, 7) is 2.28. The van der Waals surface area contributed by atoms with Crippen molar-refractivity contribution in [1.29, 1.82) is 0 Å². The molecule has 2 nitrogen and oxygen atoms in total. The predicted octanol–water partition coefficient (Wildman–Crippen LogP) is 3.68. The minimum Gasteiger partial charge on any atom is -0.353 e. The third-order valence-corrected chi connectivity index (χ3v) is 5.40. The number of thioether (sulfide) groups is 1. The summed E-state index contributed by atoms with van der Waals surface area (Å²) in [5.41, 5.74) is 0. The van der Waals surface area contributed by atoms with Crippen LogP contribution in [0.25, 0.3) is 0 Å². The van der Waals surface area contributed by atoms with Crippen LogP contribution in [0.3, 0.4) is 0 Å². The lowest BCUT2D eigenvalue weighted by atomic mass is 9.87. The summed E-state index contributed by atoms with van der Waals surface area (Å²) in [4.78, 5) is 13.2. The van der Waals surface area contributed by atoms with Crippen molar-refractivity contribution in [3.63, 3.8) is 0 Å². The molecule has 1 aliphatic rings. The van der Waals surface area contributed by atoms with Crippen LogP contribution >= 0.6 is 23.1 Å². The second-order valence-corrected chi connectivity index (χ2v) is 7.13. The monoisotopic (exact) mass is 283 g/mol. The molecule has 1 heterocycles. The third kappa shape index (κ3) is 4.65. The van der Waals surface area contributed by atoms with Crippen molar-refractivity contribution < 1.29 is 4.79 Å². The van der Waals surface area contributed by atoms with Crippen LogP contribution in [0.5, 0.6) is 0 Å². The molecule has 2 rings (SSSR count). The molecule has 0 bridgehead atoms. The minimum atomic E-state index is 0.204. The molecule has 1 saturated carbocycles. The number of nitrogens with one attached hydrogen (secondary N) is 1. The zero-order chi connectivity index (χ0) is 12.8. The molecular formula is C14H21NOS2. The molecule has 18 heavy (non-hydrogen) atoms. The van der Waals surface area contributed by atoms with Crippen LogP contribution in [0.2, 0.25) is 0 Å². The zero-order valence-electron chi connectivity index (χ0n) is 10.9. The average molecular weight is 283 g/mol. The number of carbonyl (C=O) groups is 1. The van der Waals surface area contributed by atoms with Crippen molar-refractivity contribution in [1.82, 2.24) is 5.32 Å². The Kier molecular flexibility index (Phi) is 5.57. The molecule has 0 aliphatic heterocycles. The van der Waals surface area contributed by atoms with Gasteiger partial charge < -0.3 is 5.32 Å². The lowest BCUT2D eigenvalue weighted by Crippen LogP contribution is -2.38. The van der Waals surface area contributed by atoms with E-state index in [-0.39, 0.29) is 5.91 Å². The molecule has 0 radical (unpaired) electrons. The lowest BCUT2D eigenvalue weighted by molar-refractivity contribution is -0.119. The van der Waals surface area contributed by atoms with Gasteiger partial charge in [0.25, 0.3) is 0 Å². The largest absolute Gasteiger partial charge is 0.353 e. The van der Waals surface area contributed by atoms with Crippen LogP contribution in [0.1, 0.15) is 37.5 Å². The highest BCUT2D eigenvalue weighted by Crippen LogP contribution is 2.23. The van der Waals surface area contributed by atoms with Crippen molar-refractivity contribution >= 4 is 29.0 Å². The zero-order valence-corrected chi connectivity index (χ0v) is 12.5. The normalized spacial score (nSPS) is 23.8. The number of amides is 1. The summed E-state index contributed by atoms with van der Waals surface area (Å²) in [6.07, 6.45) is 4.89. The fourth-order valence-electron chi connectivity index (χ4n) is 2.47. The van der Waals surface area contributed by atoms with Crippen molar-refractivity contribution in [3.8, 4) is 0 Å². The molecule has 2 atom stereocenters. The highest BCUT2D eigenvalue weighted by Gasteiger charge is 2.20. The van der Waals surface area contributed by atoms with E-state index in [0.29, 0.717) is 11.8 Å². The summed E-state index contributed by atoms with van der Waals surface area (Å²) in [6, 6.07) is 4.60. The van der Waals surface area contributed by atoms with Crippen LogP contribution in [-0.4, -0.2) is 17.7 Å². The maximum absolute atomic E-state index is 11.8. The van der Waals surface area contributed by atoms with Crippen LogP contribution in [0.4, 0.5) is 0 Å². The van der Waals surface area contributed by atoms with Gasteiger partial charge in [0.1, 0.15) is 0 Å². The van der Waals surface area contributed by atoms with Crippen LogP contribution in [0.15, 0.2) is 17.5 Å². The molecule has 0 aromatic carbocycles. The first-order valence-electron chi connectivity index (χ1n) is 6.63. The van der Waals surface area contributed by atoms with Crippen molar-refractivity contribution in [3.05, 3.63) is 22.4 Å². The van der Waals surface area contributed by atoms with Crippen molar-refractivity contribution in [2.24, 2.45) is 5.92 Å². The van der Waals surface area contributed by atoms with Crippen molar-refractivity contribution in [2.75, 3.05) is 5.75 Å². The molecule has 1 fully saturated rings. The van der Waals surface area contributed by atoms with Crippen LogP contribution in [0, 0.1) is 5.92 Å². The Labute approximate surface area is 118 Å². The predicted molar refractivity (Wildman–Crippen MR) is 80.0 cm³/mol. The van der Waals surface area contributed by atoms with Gasteiger partial charge in [-0.05, 0) is 30.2 Å². The van der Waals surface area contributed by atoms with E-state index in [1.54, 1.807) is 23.1 Å². The maximum atomic E-state index is 11.8. The summed E-state index contributed by atoms with van der Waals surface area (Å²) >= 11 is 3.46. The van der Waals surface area contributed by atoms with Gasteiger partial charge in [-0.3, -0.25) is 4.79 Å². The van der Waals surface area contributed by atoms with Gasteiger partial charge >= 0.3 is 0 Å². The Bertz CT molecular complexity index is 364. The van der Waals surface area contributed by atoms with E-state index < -0.39 is 0 Å². The highest BCUT2D eigenvalue weighted by atomic mass is 32.2. The second kappa shape index (κ2) is 7.19. The summed E-state index contributed by atoms with van der Waals surface area (Å²) in [5.74, 6) is 2.51. The standard InChI is InChI=1S/C14H21NOS2/c1-11-4-2-5-12(8-11)15-14(16)10-17-9-13-6-3-7-18-13/h3,6-7,11-12H,2,4-5,8-10H2,1H3,(H,15,16)/t11-,12-/m1/s1. The second-order valence-electron chi connectivity index (χ2n) is 5.11.